The summed E-state index contributed by atoms with van der Waals surface area (Å²) in [5.41, 5.74) is 7.85. The molecule has 22 nitrogen and oxygen atoms in total. The molecule has 1 aliphatic carbocycles. The van der Waals surface area contributed by atoms with E-state index in [1.165, 1.54) is 11.3 Å². The lowest BCUT2D eigenvalue weighted by atomic mass is 9.90. The molecule has 5 aliphatic heterocycles. The maximum atomic E-state index is 14.1. The standard InChI is InChI=1S/C56H66N11O11P/c1-31-22-37(15-17-62(31)38-8-10-41-42(25-38)53(71)67(52(41)70)44-11-13-48(69)66(55(44)73)34(4)78-79(74,75)76)61-18-19-63(32(2)30-61)39-9-12-47(58-29-39)60-43-23-36(28-59-51(43)77-7)40-14-16-57-50(49(40)33(3)68)65-21-20-64-45(54(65)72)24-35-26-56(5,6)27-46(35)64/h8-10,12,14,16,23-25,28-29,31-34,37,44,68H,11,13,15,17-22,26-27,30H2,1-7H3,(H,58,60)(H2,74,75,76)/t31-,32-,33?,34?,37?,44-/m0/s1. The van der Waals surface area contributed by atoms with Crippen molar-refractivity contribution >= 4 is 66.1 Å². The lowest BCUT2D eigenvalue weighted by molar-refractivity contribution is -0.161. The van der Waals surface area contributed by atoms with Crippen molar-refractivity contribution in [3.63, 3.8) is 0 Å². The van der Waals surface area contributed by atoms with Crippen LogP contribution in [0.4, 0.5) is 28.7 Å². The summed E-state index contributed by atoms with van der Waals surface area (Å²) in [7, 11) is -3.51. The number of fused-ring (bicyclic) bond motifs is 4. The molecule has 5 amide bonds. The van der Waals surface area contributed by atoms with Gasteiger partial charge in [0, 0.05) is 98.7 Å². The number of phosphoric acid groups is 1. The average Bonchev–Trinajstić information content (AvgIpc) is 4.13. The van der Waals surface area contributed by atoms with Crippen molar-refractivity contribution in [2.75, 3.05) is 59.9 Å². The Morgan fingerprint density at radius 2 is 1.56 bits per heavy atom. The van der Waals surface area contributed by atoms with Gasteiger partial charge in [-0.05, 0) is 125 Å². The van der Waals surface area contributed by atoms with Gasteiger partial charge >= 0.3 is 7.82 Å². The van der Waals surface area contributed by atoms with E-state index in [0.717, 1.165) is 68.5 Å². The topological polar surface area (TPSA) is 257 Å². The second-order valence-electron chi connectivity index (χ2n) is 22.5. The summed E-state index contributed by atoms with van der Waals surface area (Å²) in [6.45, 7) is 16.0. The molecule has 416 valence electrons. The zero-order chi connectivity index (χ0) is 56.0. The molecule has 0 bridgehead atoms. The Bertz CT molecular complexity index is 3340. The largest absolute Gasteiger partial charge is 0.480 e. The van der Waals surface area contributed by atoms with Gasteiger partial charge < -0.3 is 39.3 Å². The van der Waals surface area contributed by atoms with Crippen LogP contribution in [0.15, 0.2) is 67.1 Å². The SMILES string of the molecule is COc1ncc(-c2ccnc(N3CCn4c(cc5c4CC(C)(C)C5)C3=O)c2C(C)O)cc1Nc1ccc(N2CCN(C3CCN(c4ccc5c(c4)C(=O)N([C@H]4CCC(=O)N(C(C)OP(=O)(O)O)C4=O)C5=O)[C@@H](C)C3)C[C@@H]2C)cn1. The van der Waals surface area contributed by atoms with Gasteiger partial charge in [-0.2, -0.15) is 0 Å². The Hall–Kier alpha value is -7.07. The summed E-state index contributed by atoms with van der Waals surface area (Å²) in [4.78, 5) is 111. The number of piperazine rings is 1. The van der Waals surface area contributed by atoms with E-state index in [2.05, 4.69) is 72.8 Å². The van der Waals surface area contributed by atoms with Crippen LogP contribution < -0.4 is 24.8 Å². The van der Waals surface area contributed by atoms with Gasteiger partial charge in [-0.1, -0.05) is 13.8 Å². The first-order valence-electron chi connectivity index (χ1n) is 27.0. The summed E-state index contributed by atoms with van der Waals surface area (Å²) in [5.74, 6) is -1.78. The number of carbonyl (C=O) groups excluding carboxylic acids is 5. The Kier molecular flexibility index (Phi) is 14.0. The highest BCUT2D eigenvalue weighted by Gasteiger charge is 2.49. The molecule has 4 N–H and O–H groups in total. The number of nitrogens with zero attached hydrogens (tertiary/aromatic N) is 10. The van der Waals surface area contributed by atoms with E-state index in [1.807, 2.05) is 36.5 Å². The third-order valence-corrected chi connectivity index (χ3v) is 17.2. The molecule has 6 aliphatic rings. The molecule has 0 saturated carbocycles. The van der Waals surface area contributed by atoms with Crippen molar-refractivity contribution in [1.82, 2.24) is 34.2 Å². The maximum Gasteiger partial charge on any atom is 0.471 e. The number of carbonyl (C=O) groups is 5. The van der Waals surface area contributed by atoms with Crippen molar-refractivity contribution in [2.45, 2.75) is 123 Å². The average molecular weight is 1100 g/mol. The zero-order valence-electron chi connectivity index (χ0n) is 45.3. The fourth-order valence-electron chi connectivity index (χ4n) is 13.0. The fourth-order valence-corrected chi connectivity index (χ4v) is 13.5. The number of aromatic nitrogens is 4. The van der Waals surface area contributed by atoms with Gasteiger partial charge in [-0.15, -0.1) is 0 Å². The first kappa shape index (κ1) is 53.9. The van der Waals surface area contributed by atoms with Crippen LogP contribution in [0.5, 0.6) is 5.88 Å². The number of aliphatic hydroxyl groups excluding tert-OH is 1. The van der Waals surface area contributed by atoms with Crippen LogP contribution in [0, 0.1) is 5.41 Å². The number of benzene rings is 1. The summed E-state index contributed by atoms with van der Waals surface area (Å²) in [5, 5.41) is 14.7. The van der Waals surface area contributed by atoms with E-state index in [9.17, 15) is 43.4 Å². The molecule has 1 aromatic carbocycles. The number of anilines is 5. The van der Waals surface area contributed by atoms with Crippen molar-refractivity contribution in [3.05, 3.63) is 101 Å². The lowest BCUT2D eigenvalue weighted by Gasteiger charge is -2.48. The van der Waals surface area contributed by atoms with Gasteiger partial charge in [-0.3, -0.25) is 48.1 Å². The molecule has 0 radical (unpaired) electrons. The van der Waals surface area contributed by atoms with Crippen LogP contribution in [-0.4, -0.2) is 149 Å². The number of amides is 5. The van der Waals surface area contributed by atoms with Crippen molar-refractivity contribution < 1.29 is 52.7 Å². The van der Waals surface area contributed by atoms with E-state index < -0.39 is 49.8 Å². The molecule has 0 spiro atoms. The number of pyridine rings is 3. The number of nitrogens with one attached hydrogen (secondary N) is 1. The molecule has 9 heterocycles. The number of hydrogen-bond acceptors (Lipinski definition) is 16. The molecule has 5 aromatic rings. The molecule has 11 rings (SSSR count). The lowest BCUT2D eigenvalue weighted by Crippen LogP contribution is -2.58. The number of piperidine rings is 2. The van der Waals surface area contributed by atoms with Crippen LogP contribution in [0.25, 0.3) is 11.1 Å². The summed E-state index contributed by atoms with van der Waals surface area (Å²) in [6.07, 6.45) is 5.91. The van der Waals surface area contributed by atoms with Crippen LogP contribution in [0.3, 0.4) is 0 Å². The number of phosphoric ester groups is 1. The predicted octanol–water partition coefficient (Wildman–Crippen LogP) is 6.07. The van der Waals surface area contributed by atoms with Crippen molar-refractivity contribution in [3.8, 4) is 17.0 Å². The fraction of sp³-hybridized carbons (Fsp3) is 0.464. The highest BCUT2D eigenvalue weighted by atomic mass is 31.2. The summed E-state index contributed by atoms with van der Waals surface area (Å²) < 4.78 is 24.0. The first-order valence-corrected chi connectivity index (χ1v) is 28.5. The van der Waals surface area contributed by atoms with E-state index in [4.69, 9.17) is 9.72 Å². The number of hydrogen-bond donors (Lipinski definition) is 4. The Morgan fingerprint density at radius 3 is 2.27 bits per heavy atom. The Balaban J connectivity index is 0.718. The van der Waals surface area contributed by atoms with Gasteiger partial charge in [0.15, 0.2) is 0 Å². The maximum absolute atomic E-state index is 14.1. The highest BCUT2D eigenvalue weighted by molar-refractivity contribution is 7.46. The number of aliphatic hydroxyl groups is 1. The molecule has 6 atom stereocenters. The summed E-state index contributed by atoms with van der Waals surface area (Å²) >= 11 is 0. The number of methoxy groups -OCH3 is 1. The molecule has 23 heteroatoms. The minimum atomic E-state index is -5.07. The molecule has 4 aromatic heterocycles. The van der Waals surface area contributed by atoms with Crippen LogP contribution in [0.2, 0.25) is 0 Å². The number of rotatable bonds is 13. The van der Waals surface area contributed by atoms with Gasteiger partial charge in [0.1, 0.15) is 35.3 Å². The second-order valence-corrected chi connectivity index (χ2v) is 23.7. The van der Waals surface area contributed by atoms with Gasteiger partial charge in [0.2, 0.25) is 11.8 Å². The summed E-state index contributed by atoms with van der Waals surface area (Å²) in [6, 6.07) is 14.1. The molecular weight excluding hydrogens is 1030 g/mol. The third kappa shape index (κ3) is 9.96. The molecule has 79 heavy (non-hydrogen) atoms. The highest BCUT2D eigenvalue weighted by Crippen LogP contribution is 2.43. The van der Waals surface area contributed by atoms with Crippen LogP contribution >= 0.6 is 7.82 Å². The smallest absolute Gasteiger partial charge is 0.471 e. The number of ether oxygens (including phenoxy) is 1. The molecule has 3 saturated heterocycles. The quantitative estimate of drug-likeness (QED) is 0.0771. The van der Waals surface area contributed by atoms with Crippen molar-refractivity contribution in [1.29, 1.82) is 0 Å². The monoisotopic (exact) mass is 1100 g/mol. The zero-order valence-corrected chi connectivity index (χ0v) is 46.2. The molecular formula is C56H66N11O11P. The minimum Gasteiger partial charge on any atom is -0.480 e. The van der Waals surface area contributed by atoms with Crippen LogP contribution in [-0.2, 0) is 38.1 Å². The Morgan fingerprint density at radius 1 is 0.797 bits per heavy atom. The van der Waals surface area contributed by atoms with E-state index in [0.29, 0.717) is 76.2 Å². The van der Waals surface area contributed by atoms with Gasteiger partial charge in [0.05, 0.1) is 36.2 Å². The predicted molar refractivity (Wildman–Crippen MR) is 292 cm³/mol. The molecule has 3 fully saturated rings. The van der Waals surface area contributed by atoms with Gasteiger partial charge in [-0.25, -0.2) is 19.5 Å². The third-order valence-electron chi connectivity index (χ3n) is 16.6. The van der Waals surface area contributed by atoms with E-state index >= 15 is 0 Å². The second kappa shape index (κ2) is 20.5. The Labute approximate surface area is 457 Å². The van der Waals surface area contributed by atoms with Crippen LogP contribution in [0.1, 0.15) is 121 Å². The minimum absolute atomic E-state index is 0.0953. The number of likely N-dealkylation sites (tertiary alicyclic amines) is 1. The van der Waals surface area contributed by atoms with Gasteiger partial charge in [0.25, 0.3) is 23.6 Å². The normalized spacial score (nSPS) is 23.3. The molecule has 3 unspecified atom stereocenters. The number of imide groups is 2. The van der Waals surface area contributed by atoms with E-state index in [-0.39, 0.29) is 47.4 Å². The first-order chi connectivity index (χ1) is 37.6. The van der Waals surface area contributed by atoms with E-state index in [1.54, 1.807) is 43.5 Å². The van der Waals surface area contributed by atoms with Crippen molar-refractivity contribution in [2.24, 2.45) is 5.41 Å².